The van der Waals surface area contributed by atoms with Crippen LogP contribution >= 0.6 is 23.5 Å². The standard InChI is InChI=1S/C10H16N5O14P3/c11-7-5-8(13-2-12-7)15(3-14-5)9-10(17,18)6(16)4(27-9)1-26-31(22,23)29-32(24,25)28-30(19,20)21/h2-4,6,9,16-18H,1H2,(H,22,23)(H,24,25)(H2,11,12,13)(H2,19,20,21)/t4-,6-,9-/m1/s1. The number of rotatable bonds is 8. The molecule has 0 amide bonds. The minimum atomic E-state index is -5.76. The Labute approximate surface area is 176 Å². The molecule has 0 saturated carbocycles. The van der Waals surface area contributed by atoms with Gasteiger partial charge in [0.15, 0.2) is 17.7 Å². The van der Waals surface area contributed by atoms with Crippen molar-refractivity contribution in [1.82, 2.24) is 19.5 Å². The van der Waals surface area contributed by atoms with Crippen molar-refractivity contribution in [2.75, 3.05) is 12.3 Å². The van der Waals surface area contributed by atoms with Gasteiger partial charge in [0, 0.05) is 0 Å². The van der Waals surface area contributed by atoms with Gasteiger partial charge >= 0.3 is 23.5 Å². The van der Waals surface area contributed by atoms with E-state index in [1.165, 1.54) is 0 Å². The molecule has 3 rings (SSSR count). The Morgan fingerprint density at radius 2 is 1.75 bits per heavy atom. The largest absolute Gasteiger partial charge is 0.490 e. The Bertz CT molecular complexity index is 1150. The van der Waals surface area contributed by atoms with Crippen LogP contribution in [0.15, 0.2) is 12.7 Å². The predicted molar refractivity (Wildman–Crippen MR) is 96.6 cm³/mol. The molecule has 9 N–H and O–H groups in total. The van der Waals surface area contributed by atoms with E-state index in [0.717, 1.165) is 17.2 Å². The van der Waals surface area contributed by atoms with E-state index in [2.05, 4.69) is 28.1 Å². The molecule has 22 heteroatoms. The summed E-state index contributed by atoms with van der Waals surface area (Å²) in [5.41, 5.74) is 5.69. The van der Waals surface area contributed by atoms with E-state index in [4.69, 9.17) is 25.2 Å². The van der Waals surface area contributed by atoms with Gasteiger partial charge in [-0.2, -0.15) is 8.62 Å². The summed E-state index contributed by atoms with van der Waals surface area (Å²) >= 11 is 0. The van der Waals surface area contributed by atoms with Gasteiger partial charge in [-0.25, -0.2) is 28.6 Å². The van der Waals surface area contributed by atoms with Crippen molar-refractivity contribution in [3.05, 3.63) is 12.7 Å². The van der Waals surface area contributed by atoms with Crippen LogP contribution in [0.2, 0.25) is 0 Å². The zero-order chi connectivity index (χ0) is 24.1. The molecule has 180 valence electrons. The van der Waals surface area contributed by atoms with Crippen LogP contribution in [0.3, 0.4) is 0 Å². The minimum Gasteiger partial charge on any atom is -0.384 e. The monoisotopic (exact) mass is 523 g/mol. The van der Waals surface area contributed by atoms with E-state index in [-0.39, 0.29) is 17.0 Å². The predicted octanol–water partition coefficient (Wildman–Crippen LogP) is -2.31. The molecule has 32 heavy (non-hydrogen) atoms. The average molecular weight is 523 g/mol. The highest BCUT2D eigenvalue weighted by molar-refractivity contribution is 7.66. The molecule has 1 aliphatic heterocycles. The van der Waals surface area contributed by atoms with Crippen molar-refractivity contribution in [3.63, 3.8) is 0 Å². The number of nitrogens with zero attached hydrogens (tertiary/aromatic N) is 4. The highest BCUT2D eigenvalue weighted by Gasteiger charge is 2.56. The number of anilines is 1. The Morgan fingerprint density at radius 3 is 2.38 bits per heavy atom. The van der Waals surface area contributed by atoms with E-state index in [1.54, 1.807) is 0 Å². The van der Waals surface area contributed by atoms with Crippen LogP contribution in [0.25, 0.3) is 11.2 Å². The zero-order valence-electron chi connectivity index (χ0n) is 15.3. The van der Waals surface area contributed by atoms with Crippen molar-refractivity contribution in [2.45, 2.75) is 24.2 Å². The molecule has 1 fully saturated rings. The highest BCUT2D eigenvalue weighted by atomic mass is 31.3. The molecule has 0 aliphatic carbocycles. The van der Waals surface area contributed by atoms with E-state index < -0.39 is 54.3 Å². The number of aromatic nitrogens is 4. The lowest BCUT2D eigenvalue weighted by Gasteiger charge is -2.25. The first kappa shape index (κ1) is 25.2. The summed E-state index contributed by atoms with van der Waals surface area (Å²) < 4.78 is 51.4. The summed E-state index contributed by atoms with van der Waals surface area (Å²) in [6.45, 7) is -1.13. The summed E-state index contributed by atoms with van der Waals surface area (Å²) in [4.78, 5) is 47.0. The first-order valence-electron chi connectivity index (χ1n) is 8.02. The van der Waals surface area contributed by atoms with Crippen molar-refractivity contribution in [3.8, 4) is 0 Å². The second kappa shape index (κ2) is 8.43. The molecule has 2 aromatic heterocycles. The van der Waals surface area contributed by atoms with Gasteiger partial charge in [-0.3, -0.25) is 9.09 Å². The second-order valence-corrected chi connectivity index (χ2v) is 10.6. The van der Waals surface area contributed by atoms with Crippen molar-refractivity contribution in [2.24, 2.45) is 0 Å². The molecule has 0 bridgehead atoms. The Kier molecular flexibility index (Phi) is 6.64. The Balaban J connectivity index is 1.74. The smallest absolute Gasteiger partial charge is 0.384 e. The summed E-state index contributed by atoms with van der Waals surface area (Å²) in [7, 11) is -16.9. The maximum absolute atomic E-state index is 11.8. The van der Waals surface area contributed by atoms with Crippen LogP contribution in [-0.2, 0) is 31.6 Å². The molecule has 19 nitrogen and oxygen atoms in total. The number of fused-ring (bicyclic) bond motifs is 1. The molecule has 0 radical (unpaired) electrons. The van der Waals surface area contributed by atoms with Crippen molar-refractivity contribution in [1.29, 1.82) is 0 Å². The number of imidazole rings is 1. The normalized spacial score (nSPS) is 27.3. The molecule has 0 spiro atoms. The summed E-state index contributed by atoms with van der Waals surface area (Å²) in [6, 6.07) is 0. The minimum absolute atomic E-state index is 0.0179. The van der Waals surface area contributed by atoms with E-state index in [0.29, 0.717) is 0 Å². The SMILES string of the molecule is Nc1ncnc2c1ncn2[C@@H]1O[C@H](COP(=O)(O)OP(=O)(O)OP(=O)(O)O)[C@@H](O)C1(O)O. The van der Waals surface area contributed by atoms with Crippen molar-refractivity contribution >= 4 is 40.4 Å². The first-order chi connectivity index (χ1) is 14.5. The first-order valence-corrected chi connectivity index (χ1v) is 12.5. The fourth-order valence-electron chi connectivity index (χ4n) is 2.67. The lowest BCUT2D eigenvalue weighted by Crippen LogP contribution is -2.46. The molecule has 2 unspecified atom stereocenters. The van der Waals surface area contributed by atoms with Crippen LogP contribution < -0.4 is 5.73 Å². The van der Waals surface area contributed by atoms with Crippen LogP contribution in [-0.4, -0.2) is 79.0 Å². The van der Waals surface area contributed by atoms with Gasteiger partial charge in [-0.05, 0) is 0 Å². The Hall–Kier alpha value is -1.40. The van der Waals surface area contributed by atoms with Crippen LogP contribution in [0.5, 0.6) is 0 Å². The number of hydrogen-bond donors (Lipinski definition) is 8. The second-order valence-electron chi connectivity index (χ2n) is 6.22. The zero-order valence-corrected chi connectivity index (χ0v) is 18.0. The fraction of sp³-hybridized carbons (Fsp3) is 0.500. The molecule has 1 aliphatic rings. The highest BCUT2D eigenvalue weighted by Crippen LogP contribution is 2.66. The number of aliphatic hydroxyl groups excluding tert-OH is 1. The van der Waals surface area contributed by atoms with E-state index in [1.807, 2.05) is 0 Å². The van der Waals surface area contributed by atoms with Gasteiger partial charge in [-0.15, -0.1) is 0 Å². The van der Waals surface area contributed by atoms with Crippen LogP contribution in [0.1, 0.15) is 6.23 Å². The number of ether oxygens (including phenoxy) is 1. The maximum atomic E-state index is 11.8. The number of phosphoric acid groups is 3. The van der Waals surface area contributed by atoms with Crippen molar-refractivity contribution < 1.29 is 66.5 Å². The number of phosphoric ester groups is 1. The van der Waals surface area contributed by atoms with Crippen LogP contribution in [0.4, 0.5) is 5.82 Å². The summed E-state index contributed by atoms with van der Waals surface area (Å²) in [5, 5.41) is 30.7. The number of aliphatic hydroxyl groups is 3. The lowest BCUT2D eigenvalue weighted by atomic mass is 10.1. The van der Waals surface area contributed by atoms with Gasteiger partial charge in [0.05, 0.1) is 12.9 Å². The molecular formula is C10H16N5O14P3. The average Bonchev–Trinajstić information content (AvgIpc) is 3.11. The van der Waals surface area contributed by atoms with E-state index in [9.17, 15) is 33.9 Å². The third kappa shape index (κ3) is 5.39. The summed E-state index contributed by atoms with van der Waals surface area (Å²) in [6.07, 6.45) is -3.61. The van der Waals surface area contributed by atoms with Gasteiger partial charge in [0.25, 0.3) is 0 Å². The van der Waals surface area contributed by atoms with Gasteiger partial charge < -0.3 is 45.4 Å². The quantitative estimate of drug-likeness (QED) is 0.133. The molecule has 0 aromatic carbocycles. The number of nitrogens with two attached hydrogens (primary N) is 1. The topological polar surface area (TPSA) is 299 Å². The third-order valence-electron chi connectivity index (χ3n) is 3.91. The van der Waals surface area contributed by atoms with Gasteiger partial charge in [0.1, 0.15) is 24.1 Å². The number of hydrogen-bond acceptors (Lipinski definition) is 14. The lowest BCUT2D eigenvalue weighted by molar-refractivity contribution is -0.247. The Morgan fingerprint density at radius 1 is 1.09 bits per heavy atom. The molecule has 1 saturated heterocycles. The summed E-state index contributed by atoms with van der Waals surface area (Å²) in [5.74, 6) is -3.06. The van der Waals surface area contributed by atoms with Gasteiger partial charge in [0.2, 0.25) is 5.79 Å². The molecule has 3 heterocycles. The third-order valence-corrected chi connectivity index (χ3v) is 7.71. The molecule has 5 atom stereocenters. The number of nitrogen functional groups attached to an aromatic ring is 1. The van der Waals surface area contributed by atoms with E-state index >= 15 is 0 Å². The van der Waals surface area contributed by atoms with Crippen LogP contribution in [0, 0.1) is 0 Å². The molecule has 2 aromatic rings. The maximum Gasteiger partial charge on any atom is 0.490 e. The van der Waals surface area contributed by atoms with Gasteiger partial charge in [-0.1, -0.05) is 0 Å². The fourth-order valence-corrected chi connectivity index (χ4v) is 5.70. The molecular weight excluding hydrogens is 507 g/mol.